The second-order valence-electron chi connectivity index (χ2n) is 9.72. The molecular formula is C25H31N3O. The van der Waals surface area contributed by atoms with Crippen molar-refractivity contribution in [1.82, 2.24) is 14.5 Å². The molecular weight excluding hydrogens is 358 g/mol. The highest BCUT2D eigenvalue weighted by atomic mass is 16.3. The molecule has 2 aliphatic heterocycles. The summed E-state index contributed by atoms with van der Waals surface area (Å²) in [5.41, 5.74) is 5.34. The second kappa shape index (κ2) is 6.41. The number of aromatic nitrogens is 2. The van der Waals surface area contributed by atoms with Crippen LogP contribution in [0.5, 0.6) is 0 Å². The number of hydrogen-bond donors (Lipinski definition) is 1. The largest absolute Gasteiger partial charge is 0.385 e. The maximum atomic E-state index is 11.5. The highest BCUT2D eigenvalue weighted by Gasteiger charge is 2.48. The molecule has 5 rings (SSSR count). The first-order valence-corrected chi connectivity index (χ1v) is 10.8. The molecule has 152 valence electrons. The summed E-state index contributed by atoms with van der Waals surface area (Å²) >= 11 is 0. The zero-order chi connectivity index (χ0) is 20.4. The predicted octanol–water partition coefficient (Wildman–Crippen LogP) is 4.59. The number of pyridine rings is 1. The maximum Gasteiger partial charge on any atom is 0.0892 e. The van der Waals surface area contributed by atoms with Gasteiger partial charge in [0.25, 0.3) is 0 Å². The lowest BCUT2D eigenvalue weighted by molar-refractivity contribution is 0.00944. The highest BCUT2D eigenvalue weighted by molar-refractivity contribution is 5.87. The molecule has 1 aromatic carbocycles. The van der Waals surface area contributed by atoms with Gasteiger partial charge in [-0.3, -0.25) is 9.88 Å². The van der Waals surface area contributed by atoms with Crippen LogP contribution in [0, 0.1) is 6.92 Å². The molecule has 4 heterocycles. The number of aryl methyl sites for hydroxylation is 2. The standard InChI is InChI=1S/C25H31N3O/c1-17-9-10-20-19(13-17)22-21-8-6-12-28(21)16-24(2,23(22)27(20)4)15-25(3,29)18-7-5-11-26-14-18/h5,7,9-11,13-14,21,29H,6,8,12,15-16H2,1-4H3. The molecule has 1 N–H and O–H groups in total. The van der Waals surface area contributed by atoms with Crippen LogP contribution in [0.15, 0.2) is 42.7 Å². The Kier molecular flexibility index (Phi) is 4.17. The number of rotatable bonds is 3. The van der Waals surface area contributed by atoms with Crippen molar-refractivity contribution in [3.8, 4) is 0 Å². The van der Waals surface area contributed by atoms with E-state index < -0.39 is 5.60 Å². The molecule has 1 saturated heterocycles. The van der Waals surface area contributed by atoms with Crippen LogP contribution >= 0.6 is 0 Å². The van der Waals surface area contributed by atoms with Gasteiger partial charge in [-0.1, -0.05) is 24.6 Å². The van der Waals surface area contributed by atoms with E-state index in [1.54, 1.807) is 12.4 Å². The van der Waals surface area contributed by atoms with Crippen molar-refractivity contribution in [2.24, 2.45) is 7.05 Å². The summed E-state index contributed by atoms with van der Waals surface area (Å²) in [6.07, 6.45) is 6.72. The second-order valence-corrected chi connectivity index (χ2v) is 9.72. The van der Waals surface area contributed by atoms with Crippen molar-refractivity contribution < 1.29 is 5.11 Å². The Morgan fingerprint density at radius 2 is 2.14 bits per heavy atom. The van der Waals surface area contributed by atoms with Gasteiger partial charge in [-0.2, -0.15) is 0 Å². The van der Waals surface area contributed by atoms with Crippen molar-refractivity contribution in [2.75, 3.05) is 13.1 Å². The number of benzene rings is 1. The van der Waals surface area contributed by atoms with E-state index in [1.165, 1.54) is 40.6 Å². The minimum Gasteiger partial charge on any atom is -0.385 e. The van der Waals surface area contributed by atoms with Crippen LogP contribution in [-0.4, -0.2) is 32.6 Å². The van der Waals surface area contributed by atoms with Gasteiger partial charge in [-0.15, -0.1) is 0 Å². The Morgan fingerprint density at radius 3 is 2.90 bits per heavy atom. The Balaban J connectivity index is 1.69. The van der Waals surface area contributed by atoms with E-state index in [0.717, 1.165) is 18.7 Å². The van der Waals surface area contributed by atoms with Gasteiger partial charge < -0.3 is 9.67 Å². The van der Waals surface area contributed by atoms with Crippen LogP contribution in [0.25, 0.3) is 10.9 Å². The number of aliphatic hydroxyl groups is 1. The van der Waals surface area contributed by atoms with E-state index in [2.05, 4.69) is 53.5 Å². The first kappa shape index (κ1) is 18.8. The third-order valence-corrected chi connectivity index (χ3v) is 7.23. The molecule has 0 saturated carbocycles. The normalized spacial score (nSPS) is 26.3. The van der Waals surface area contributed by atoms with E-state index in [-0.39, 0.29) is 5.41 Å². The van der Waals surface area contributed by atoms with Crippen LogP contribution in [0.4, 0.5) is 0 Å². The number of hydrogen-bond acceptors (Lipinski definition) is 3. The van der Waals surface area contributed by atoms with E-state index in [9.17, 15) is 5.11 Å². The summed E-state index contributed by atoms with van der Waals surface area (Å²) in [6, 6.07) is 11.2. The Hall–Kier alpha value is -2.17. The summed E-state index contributed by atoms with van der Waals surface area (Å²) in [6.45, 7) is 8.61. The van der Waals surface area contributed by atoms with Gasteiger partial charge in [0, 0.05) is 59.6 Å². The fraction of sp³-hybridized carbons (Fsp3) is 0.480. The monoisotopic (exact) mass is 389 g/mol. The first-order chi connectivity index (χ1) is 13.8. The molecule has 0 bridgehead atoms. The molecule has 2 aliphatic rings. The predicted molar refractivity (Wildman–Crippen MR) is 117 cm³/mol. The van der Waals surface area contributed by atoms with Crippen LogP contribution in [0.1, 0.15) is 61.5 Å². The molecule has 0 radical (unpaired) electrons. The quantitative estimate of drug-likeness (QED) is 0.712. The molecule has 4 heteroatoms. The van der Waals surface area contributed by atoms with Crippen LogP contribution in [-0.2, 0) is 18.1 Å². The average molecular weight is 390 g/mol. The van der Waals surface area contributed by atoms with Gasteiger partial charge >= 0.3 is 0 Å². The van der Waals surface area contributed by atoms with Crippen molar-refractivity contribution in [3.05, 3.63) is 65.1 Å². The molecule has 3 atom stereocenters. The zero-order valence-corrected chi connectivity index (χ0v) is 17.9. The Morgan fingerprint density at radius 1 is 1.31 bits per heavy atom. The number of nitrogens with zero attached hydrogens (tertiary/aromatic N) is 3. The fourth-order valence-electron chi connectivity index (χ4n) is 6.20. The Labute approximate surface area is 173 Å². The number of fused-ring (bicyclic) bond motifs is 5. The maximum absolute atomic E-state index is 11.5. The average Bonchev–Trinajstić information content (AvgIpc) is 3.24. The van der Waals surface area contributed by atoms with Gasteiger partial charge in [-0.25, -0.2) is 0 Å². The molecule has 2 aromatic heterocycles. The topological polar surface area (TPSA) is 41.3 Å². The van der Waals surface area contributed by atoms with Crippen molar-refractivity contribution in [1.29, 1.82) is 0 Å². The van der Waals surface area contributed by atoms with E-state index in [1.807, 2.05) is 19.1 Å². The minimum atomic E-state index is -0.931. The molecule has 1 fully saturated rings. The molecule has 0 amide bonds. The van der Waals surface area contributed by atoms with Crippen molar-refractivity contribution >= 4 is 10.9 Å². The zero-order valence-electron chi connectivity index (χ0n) is 17.9. The summed E-state index contributed by atoms with van der Waals surface area (Å²) in [7, 11) is 2.21. The van der Waals surface area contributed by atoms with Crippen LogP contribution < -0.4 is 0 Å². The summed E-state index contributed by atoms with van der Waals surface area (Å²) in [4.78, 5) is 6.91. The van der Waals surface area contributed by atoms with Gasteiger partial charge in [0.05, 0.1) is 5.60 Å². The summed E-state index contributed by atoms with van der Waals surface area (Å²) in [5, 5.41) is 12.9. The van der Waals surface area contributed by atoms with E-state index >= 15 is 0 Å². The van der Waals surface area contributed by atoms with Gasteiger partial charge in [-0.05, 0) is 63.4 Å². The van der Waals surface area contributed by atoms with Crippen LogP contribution in [0.3, 0.4) is 0 Å². The molecule has 0 spiro atoms. The highest BCUT2D eigenvalue weighted by Crippen LogP contribution is 2.51. The van der Waals surface area contributed by atoms with Gasteiger partial charge in [0.15, 0.2) is 0 Å². The summed E-state index contributed by atoms with van der Waals surface area (Å²) in [5.74, 6) is 0. The molecule has 29 heavy (non-hydrogen) atoms. The minimum absolute atomic E-state index is 0.142. The van der Waals surface area contributed by atoms with Gasteiger partial charge in [0.1, 0.15) is 0 Å². The molecule has 3 unspecified atom stereocenters. The van der Waals surface area contributed by atoms with Gasteiger partial charge in [0.2, 0.25) is 0 Å². The SMILES string of the molecule is Cc1ccc2c(c1)c1c(n2C)C(C)(CC(C)(O)c2cccnc2)CN2CCCC12. The van der Waals surface area contributed by atoms with E-state index in [4.69, 9.17) is 0 Å². The summed E-state index contributed by atoms with van der Waals surface area (Å²) < 4.78 is 2.40. The Bertz CT molecular complexity index is 1070. The smallest absolute Gasteiger partial charge is 0.0892 e. The first-order valence-electron chi connectivity index (χ1n) is 10.8. The molecule has 4 nitrogen and oxygen atoms in total. The van der Waals surface area contributed by atoms with Crippen molar-refractivity contribution in [2.45, 2.75) is 57.1 Å². The lowest BCUT2D eigenvalue weighted by Gasteiger charge is -2.46. The van der Waals surface area contributed by atoms with Crippen LogP contribution in [0.2, 0.25) is 0 Å². The third kappa shape index (κ3) is 2.84. The lowest BCUT2D eigenvalue weighted by Crippen LogP contribution is -2.48. The third-order valence-electron chi connectivity index (χ3n) is 7.23. The van der Waals surface area contributed by atoms with E-state index in [0.29, 0.717) is 12.5 Å². The lowest BCUT2D eigenvalue weighted by atomic mass is 9.70. The molecule has 0 aliphatic carbocycles. The fourth-order valence-corrected chi connectivity index (χ4v) is 6.20. The van der Waals surface area contributed by atoms with Crippen molar-refractivity contribution in [3.63, 3.8) is 0 Å². The molecule has 3 aromatic rings.